The smallest absolute Gasteiger partial charge is 0.297 e. The van der Waals surface area contributed by atoms with Crippen molar-refractivity contribution in [2.45, 2.75) is 33.2 Å². The van der Waals surface area contributed by atoms with Gasteiger partial charge in [-0.25, -0.2) is 0 Å². The van der Waals surface area contributed by atoms with Gasteiger partial charge in [0.25, 0.3) is 6.01 Å². The molecule has 2 aromatic carbocycles. The number of benzene rings is 2. The number of ether oxygens (including phenoxy) is 1. The standard InChI is InChI=1S/C19H19Cl3N2O/c1-4-6-11-7-8-16-18(23-19(25-3)24(16)5-2)17(11)12-9-14(21)15(22)10-13(12)20/h7-10H,4-6H2,1-3H3. The molecule has 3 aromatic rings. The lowest BCUT2D eigenvalue weighted by Gasteiger charge is -2.13. The van der Waals surface area contributed by atoms with Crippen molar-refractivity contribution >= 4 is 45.8 Å². The molecule has 3 rings (SSSR count). The molecule has 1 heterocycles. The molecule has 25 heavy (non-hydrogen) atoms. The van der Waals surface area contributed by atoms with Crippen LogP contribution in [0.25, 0.3) is 22.2 Å². The molecule has 1 aromatic heterocycles. The average molecular weight is 398 g/mol. The van der Waals surface area contributed by atoms with E-state index in [0.717, 1.165) is 41.5 Å². The molecule has 0 radical (unpaired) electrons. The van der Waals surface area contributed by atoms with E-state index in [0.29, 0.717) is 21.1 Å². The van der Waals surface area contributed by atoms with Gasteiger partial charge in [-0.05, 0) is 37.1 Å². The Bertz CT molecular complexity index is 934. The molecule has 0 bridgehead atoms. The monoisotopic (exact) mass is 396 g/mol. The topological polar surface area (TPSA) is 27.1 Å². The molecule has 0 aliphatic heterocycles. The number of nitrogens with zero attached hydrogens (tertiary/aromatic N) is 2. The fourth-order valence-corrected chi connectivity index (χ4v) is 3.81. The number of aromatic nitrogens is 2. The van der Waals surface area contributed by atoms with E-state index >= 15 is 0 Å². The van der Waals surface area contributed by atoms with Crippen LogP contribution in [-0.2, 0) is 13.0 Å². The summed E-state index contributed by atoms with van der Waals surface area (Å²) in [5.41, 5.74) is 4.89. The van der Waals surface area contributed by atoms with Crippen LogP contribution in [0.4, 0.5) is 0 Å². The highest BCUT2D eigenvalue weighted by Crippen LogP contribution is 2.41. The third-order valence-electron chi connectivity index (χ3n) is 4.27. The van der Waals surface area contributed by atoms with Crippen LogP contribution in [-0.4, -0.2) is 16.7 Å². The van der Waals surface area contributed by atoms with E-state index in [1.807, 2.05) is 10.6 Å². The van der Waals surface area contributed by atoms with Crippen molar-refractivity contribution in [2.75, 3.05) is 7.11 Å². The molecule has 0 aliphatic rings. The first-order valence-electron chi connectivity index (χ1n) is 8.22. The zero-order chi connectivity index (χ0) is 18.1. The molecule has 6 heteroatoms. The quantitative estimate of drug-likeness (QED) is 0.451. The fraction of sp³-hybridized carbons (Fsp3) is 0.316. The maximum Gasteiger partial charge on any atom is 0.297 e. The van der Waals surface area contributed by atoms with Crippen LogP contribution in [0.5, 0.6) is 6.01 Å². The molecule has 3 nitrogen and oxygen atoms in total. The summed E-state index contributed by atoms with van der Waals surface area (Å²) in [6.45, 7) is 4.98. The maximum absolute atomic E-state index is 6.51. The number of imidazole rings is 1. The van der Waals surface area contributed by atoms with Crippen LogP contribution in [0.3, 0.4) is 0 Å². The van der Waals surface area contributed by atoms with Crippen molar-refractivity contribution in [1.29, 1.82) is 0 Å². The average Bonchev–Trinajstić information content (AvgIpc) is 2.96. The summed E-state index contributed by atoms with van der Waals surface area (Å²) in [7, 11) is 1.63. The normalized spacial score (nSPS) is 11.3. The molecule has 0 fully saturated rings. The number of hydrogen-bond donors (Lipinski definition) is 0. The van der Waals surface area contributed by atoms with Crippen LogP contribution in [0.2, 0.25) is 15.1 Å². The van der Waals surface area contributed by atoms with Gasteiger partial charge in [0, 0.05) is 17.7 Å². The SMILES string of the molecule is CCCc1ccc2c(nc(OC)n2CC)c1-c1cc(Cl)c(Cl)cc1Cl. The van der Waals surface area contributed by atoms with Gasteiger partial charge < -0.3 is 4.74 Å². The Morgan fingerprint density at radius 2 is 1.76 bits per heavy atom. The molecule has 0 amide bonds. The van der Waals surface area contributed by atoms with E-state index in [9.17, 15) is 0 Å². The minimum Gasteiger partial charge on any atom is -0.468 e. The second-order valence-corrected chi connectivity index (χ2v) is 7.03. The van der Waals surface area contributed by atoms with E-state index in [-0.39, 0.29) is 0 Å². The summed E-state index contributed by atoms with van der Waals surface area (Å²) < 4.78 is 7.50. The lowest BCUT2D eigenvalue weighted by molar-refractivity contribution is 0.362. The Morgan fingerprint density at radius 1 is 1.04 bits per heavy atom. The number of fused-ring (bicyclic) bond motifs is 1. The predicted molar refractivity (Wildman–Crippen MR) is 106 cm³/mol. The number of methoxy groups -OCH3 is 1. The highest BCUT2D eigenvalue weighted by molar-refractivity contribution is 6.44. The second kappa shape index (κ2) is 7.45. The summed E-state index contributed by atoms with van der Waals surface area (Å²) in [4.78, 5) is 4.72. The van der Waals surface area contributed by atoms with Gasteiger partial charge in [0.05, 0.1) is 27.7 Å². The molecule has 0 atom stereocenters. The summed E-state index contributed by atoms with van der Waals surface area (Å²) in [5.74, 6) is 0. The Morgan fingerprint density at radius 3 is 2.40 bits per heavy atom. The van der Waals surface area contributed by atoms with Crippen LogP contribution in [0.1, 0.15) is 25.8 Å². The highest BCUT2D eigenvalue weighted by Gasteiger charge is 2.20. The van der Waals surface area contributed by atoms with Crippen molar-refractivity contribution in [2.24, 2.45) is 0 Å². The summed E-state index contributed by atoms with van der Waals surface area (Å²) in [6.07, 6.45) is 1.94. The lowest BCUT2D eigenvalue weighted by Crippen LogP contribution is -1.98. The zero-order valence-corrected chi connectivity index (χ0v) is 16.6. The van der Waals surface area contributed by atoms with Crippen molar-refractivity contribution in [3.63, 3.8) is 0 Å². The molecule has 132 valence electrons. The molecule has 0 spiro atoms. The van der Waals surface area contributed by atoms with Crippen LogP contribution < -0.4 is 4.74 Å². The van der Waals surface area contributed by atoms with E-state index in [1.54, 1.807) is 13.2 Å². The first kappa shape index (κ1) is 18.4. The largest absolute Gasteiger partial charge is 0.468 e. The molecular weight excluding hydrogens is 379 g/mol. The second-order valence-electron chi connectivity index (χ2n) is 5.81. The Balaban J connectivity index is 2.40. The van der Waals surface area contributed by atoms with E-state index < -0.39 is 0 Å². The van der Waals surface area contributed by atoms with Gasteiger partial charge in [-0.1, -0.05) is 54.2 Å². The number of halogens is 3. The van der Waals surface area contributed by atoms with E-state index in [2.05, 4.69) is 26.0 Å². The molecule has 0 saturated carbocycles. The molecular formula is C19H19Cl3N2O. The number of hydrogen-bond acceptors (Lipinski definition) is 2. The van der Waals surface area contributed by atoms with Crippen LogP contribution >= 0.6 is 34.8 Å². The van der Waals surface area contributed by atoms with E-state index in [1.165, 1.54) is 5.56 Å². The van der Waals surface area contributed by atoms with Gasteiger partial charge in [-0.2, -0.15) is 4.98 Å². The van der Waals surface area contributed by atoms with E-state index in [4.69, 9.17) is 44.5 Å². The van der Waals surface area contributed by atoms with Crippen LogP contribution in [0, 0.1) is 0 Å². The van der Waals surface area contributed by atoms with Gasteiger partial charge in [0.15, 0.2) is 0 Å². The predicted octanol–water partition coefficient (Wildman–Crippen LogP) is 6.64. The maximum atomic E-state index is 6.51. The van der Waals surface area contributed by atoms with Gasteiger partial charge in [0.2, 0.25) is 0 Å². The fourth-order valence-electron chi connectivity index (χ4n) is 3.17. The Hall–Kier alpha value is -1.42. The van der Waals surface area contributed by atoms with Gasteiger partial charge >= 0.3 is 0 Å². The van der Waals surface area contributed by atoms with Gasteiger partial charge in [0.1, 0.15) is 5.52 Å². The first-order valence-corrected chi connectivity index (χ1v) is 9.36. The minimum absolute atomic E-state index is 0.441. The minimum atomic E-state index is 0.441. The third-order valence-corrected chi connectivity index (χ3v) is 5.30. The first-order chi connectivity index (χ1) is 12.0. The number of rotatable bonds is 5. The molecule has 0 saturated heterocycles. The summed E-state index contributed by atoms with van der Waals surface area (Å²) >= 11 is 18.9. The molecule has 0 unspecified atom stereocenters. The van der Waals surface area contributed by atoms with Crippen molar-refractivity contribution in [3.05, 3.63) is 44.9 Å². The lowest BCUT2D eigenvalue weighted by atomic mass is 9.95. The van der Waals surface area contributed by atoms with Crippen molar-refractivity contribution in [3.8, 4) is 17.1 Å². The Kier molecular flexibility index (Phi) is 5.47. The van der Waals surface area contributed by atoms with Crippen molar-refractivity contribution < 1.29 is 4.74 Å². The summed E-state index contributed by atoms with van der Waals surface area (Å²) in [5, 5.41) is 1.47. The van der Waals surface area contributed by atoms with Gasteiger partial charge in [-0.3, -0.25) is 4.57 Å². The molecule has 0 aliphatic carbocycles. The van der Waals surface area contributed by atoms with Crippen LogP contribution in [0.15, 0.2) is 24.3 Å². The molecule has 0 N–H and O–H groups in total. The van der Waals surface area contributed by atoms with Gasteiger partial charge in [-0.15, -0.1) is 0 Å². The van der Waals surface area contributed by atoms with Crippen molar-refractivity contribution in [1.82, 2.24) is 9.55 Å². The third kappa shape index (κ3) is 3.21. The number of aryl methyl sites for hydroxylation is 2. The highest BCUT2D eigenvalue weighted by atomic mass is 35.5. The summed E-state index contributed by atoms with van der Waals surface area (Å²) in [6, 6.07) is 8.31. The zero-order valence-electron chi connectivity index (χ0n) is 14.4. The Labute approximate surface area is 162 Å².